The summed E-state index contributed by atoms with van der Waals surface area (Å²) < 4.78 is 1.29. The molecular formula is C18H24N6O3S. The molecule has 0 saturated carbocycles. The average Bonchev–Trinajstić information content (AvgIpc) is 3.03. The van der Waals surface area contributed by atoms with Crippen LogP contribution in [-0.2, 0) is 11.8 Å². The Labute approximate surface area is 167 Å². The minimum atomic E-state index is -0.218. The van der Waals surface area contributed by atoms with Crippen LogP contribution in [0, 0.1) is 12.8 Å². The summed E-state index contributed by atoms with van der Waals surface area (Å²) in [4.78, 5) is 44.8. The van der Waals surface area contributed by atoms with Gasteiger partial charge in [0.1, 0.15) is 10.7 Å². The van der Waals surface area contributed by atoms with Crippen LogP contribution in [0.5, 0.6) is 0 Å². The number of thiazole rings is 1. The minimum absolute atomic E-state index is 0.118. The first-order valence-electron chi connectivity index (χ1n) is 9.05. The molecule has 3 heterocycles. The van der Waals surface area contributed by atoms with Gasteiger partial charge in [0.05, 0.1) is 11.6 Å². The van der Waals surface area contributed by atoms with E-state index in [0.717, 1.165) is 19.4 Å². The number of aryl methyl sites for hydroxylation is 2. The summed E-state index contributed by atoms with van der Waals surface area (Å²) in [7, 11) is 4.98. The summed E-state index contributed by atoms with van der Waals surface area (Å²) in [5, 5.41) is 7.56. The molecule has 1 N–H and O–H groups in total. The molecule has 2 aromatic heterocycles. The van der Waals surface area contributed by atoms with E-state index in [-0.39, 0.29) is 23.3 Å². The van der Waals surface area contributed by atoms with Gasteiger partial charge in [0, 0.05) is 40.3 Å². The largest absolute Gasteiger partial charge is 0.354 e. The lowest BCUT2D eigenvalue weighted by molar-refractivity contribution is -0.120. The summed E-state index contributed by atoms with van der Waals surface area (Å²) in [5.41, 5.74) is 0.441. The predicted octanol–water partition coefficient (Wildman–Crippen LogP) is 1.10. The quantitative estimate of drug-likeness (QED) is 0.819. The van der Waals surface area contributed by atoms with Gasteiger partial charge in [-0.25, -0.2) is 9.67 Å². The van der Waals surface area contributed by atoms with Gasteiger partial charge in [-0.05, 0) is 25.8 Å². The van der Waals surface area contributed by atoms with E-state index in [4.69, 9.17) is 0 Å². The molecular weight excluding hydrogens is 380 g/mol. The Bertz CT molecular complexity index is 951. The van der Waals surface area contributed by atoms with E-state index < -0.39 is 0 Å². The lowest BCUT2D eigenvalue weighted by atomic mass is 9.97. The van der Waals surface area contributed by atoms with Crippen molar-refractivity contribution < 1.29 is 9.59 Å². The molecule has 3 rings (SSSR count). The highest BCUT2D eigenvalue weighted by molar-refractivity contribution is 7.17. The molecule has 1 saturated heterocycles. The van der Waals surface area contributed by atoms with Crippen LogP contribution in [0.1, 0.15) is 28.2 Å². The number of amides is 2. The van der Waals surface area contributed by atoms with Crippen LogP contribution < -0.4 is 15.8 Å². The van der Waals surface area contributed by atoms with Crippen LogP contribution in [0.3, 0.4) is 0 Å². The van der Waals surface area contributed by atoms with Crippen LogP contribution in [0.4, 0.5) is 10.9 Å². The molecule has 0 bridgehead atoms. The Kier molecular flexibility index (Phi) is 5.78. The predicted molar refractivity (Wildman–Crippen MR) is 108 cm³/mol. The zero-order valence-electron chi connectivity index (χ0n) is 16.4. The van der Waals surface area contributed by atoms with Gasteiger partial charge in [-0.1, -0.05) is 11.3 Å². The molecule has 0 radical (unpaired) electrons. The van der Waals surface area contributed by atoms with Crippen LogP contribution in [0.25, 0.3) is 0 Å². The molecule has 1 aliphatic rings. The van der Waals surface area contributed by atoms with Crippen molar-refractivity contribution in [2.75, 3.05) is 37.4 Å². The molecule has 0 aliphatic carbocycles. The lowest BCUT2D eigenvalue weighted by Gasteiger charge is -2.32. The van der Waals surface area contributed by atoms with E-state index in [1.165, 1.54) is 27.0 Å². The molecule has 1 aliphatic heterocycles. The Morgan fingerprint density at radius 3 is 2.75 bits per heavy atom. The molecule has 1 atom stereocenters. The van der Waals surface area contributed by atoms with Crippen LogP contribution >= 0.6 is 11.3 Å². The van der Waals surface area contributed by atoms with E-state index in [2.05, 4.69) is 15.4 Å². The molecule has 10 heteroatoms. The number of hydrogen-bond donors (Lipinski definition) is 1. The molecule has 150 valence electrons. The van der Waals surface area contributed by atoms with Crippen molar-refractivity contribution in [3.05, 3.63) is 33.1 Å². The van der Waals surface area contributed by atoms with Crippen molar-refractivity contribution >= 4 is 34.1 Å². The standard InChI is InChI=1S/C18H24N6O3S/c1-11-15(17(27)22(2)3)28-18(19-11)20-16(26)12-6-5-9-24(10-12)13-7-8-14(25)23(4)21-13/h7-8,12H,5-6,9-10H2,1-4H3,(H,19,20,26)/t12-/m0/s1. The zero-order valence-corrected chi connectivity index (χ0v) is 17.2. The van der Waals surface area contributed by atoms with Crippen molar-refractivity contribution in [2.45, 2.75) is 19.8 Å². The van der Waals surface area contributed by atoms with E-state index in [1.54, 1.807) is 34.1 Å². The maximum absolute atomic E-state index is 12.7. The molecule has 28 heavy (non-hydrogen) atoms. The number of piperidine rings is 1. The van der Waals surface area contributed by atoms with Gasteiger partial charge < -0.3 is 15.1 Å². The second-order valence-corrected chi connectivity index (χ2v) is 8.06. The third-order valence-electron chi connectivity index (χ3n) is 4.69. The number of hydrogen-bond acceptors (Lipinski definition) is 7. The number of nitrogens with one attached hydrogen (secondary N) is 1. The number of anilines is 2. The van der Waals surface area contributed by atoms with Crippen molar-refractivity contribution in [3.8, 4) is 0 Å². The summed E-state index contributed by atoms with van der Waals surface area (Å²) in [6.45, 7) is 3.06. The fourth-order valence-corrected chi connectivity index (χ4v) is 4.11. The highest BCUT2D eigenvalue weighted by Crippen LogP contribution is 2.26. The normalized spacial score (nSPS) is 16.7. The first kappa shape index (κ1) is 20.0. The third-order valence-corrected chi connectivity index (χ3v) is 5.75. The highest BCUT2D eigenvalue weighted by atomic mass is 32.1. The van der Waals surface area contributed by atoms with E-state index >= 15 is 0 Å². The van der Waals surface area contributed by atoms with Crippen molar-refractivity contribution in [1.29, 1.82) is 0 Å². The molecule has 0 spiro atoms. The first-order valence-corrected chi connectivity index (χ1v) is 9.87. The van der Waals surface area contributed by atoms with E-state index in [9.17, 15) is 14.4 Å². The molecule has 0 unspecified atom stereocenters. The fourth-order valence-electron chi connectivity index (χ4n) is 3.12. The SMILES string of the molecule is Cc1nc(NC(=O)[C@H]2CCCN(c3ccc(=O)n(C)n3)C2)sc1C(=O)N(C)C. The molecule has 0 aromatic carbocycles. The Hall–Kier alpha value is -2.75. The number of aromatic nitrogens is 3. The van der Waals surface area contributed by atoms with Crippen molar-refractivity contribution in [3.63, 3.8) is 0 Å². The molecule has 2 amide bonds. The number of nitrogens with zero attached hydrogens (tertiary/aromatic N) is 5. The average molecular weight is 404 g/mol. The Balaban J connectivity index is 1.69. The fraction of sp³-hybridized carbons (Fsp3) is 0.500. The van der Waals surface area contributed by atoms with E-state index in [1.807, 2.05) is 4.90 Å². The van der Waals surface area contributed by atoms with Crippen LogP contribution in [-0.4, -0.2) is 58.7 Å². The van der Waals surface area contributed by atoms with Crippen LogP contribution in [0.2, 0.25) is 0 Å². The van der Waals surface area contributed by atoms with E-state index in [0.29, 0.717) is 28.1 Å². The third kappa shape index (κ3) is 4.22. The number of carbonyl (C=O) groups excluding carboxylic acids is 2. The Morgan fingerprint density at radius 1 is 1.32 bits per heavy atom. The Morgan fingerprint density at radius 2 is 2.07 bits per heavy atom. The lowest BCUT2D eigenvalue weighted by Crippen LogP contribution is -2.41. The summed E-state index contributed by atoms with van der Waals surface area (Å²) in [6, 6.07) is 3.17. The van der Waals surface area contributed by atoms with Gasteiger partial charge in [-0.15, -0.1) is 0 Å². The second-order valence-electron chi connectivity index (χ2n) is 7.06. The van der Waals surface area contributed by atoms with Crippen LogP contribution in [0.15, 0.2) is 16.9 Å². The van der Waals surface area contributed by atoms with Gasteiger partial charge in [-0.2, -0.15) is 5.10 Å². The van der Waals surface area contributed by atoms with Crippen molar-refractivity contribution in [1.82, 2.24) is 19.7 Å². The van der Waals surface area contributed by atoms with Gasteiger partial charge in [0.25, 0.3) is 11.5 Å². The maximum Gasteiger partial charge on any atom is 0.266 e. The molecule has 2 aromatic rings. The van der Waals surface area contributed by atoms with Gasteiger partial charge >= 0.3 is 0 Å². The first-order chi connectivity index (χ1) is 13.3. The van der Waals surface area contributed by atoms with Gasteiger partial charge in [-0.3, -0.25) is 14.4 Å². The number of carbonyl (C=O) groups is 2. The highest BCUT2D eigenvalue weighted by Gasteiger charge is 2.28. The van der Waals surface area contributed by atoms with Gasteiger partial charge in [0.2, 0.25) is 5.91 Å². The zero-order chi connectivity index (χ0) is 20.4. The number of rotatable bonds is 4. The molecule has 1 fully saturated rings. The van der Waals surface area contributed by atoms with Gasteiger partial charge in [0.15, 0.2) is 5.13 Å². The minimum Gasteiger partial charge on any atom is -0.354 e. The summed E-state index contributed by atoms with van der Waals surface area (Å²) >= 11 is 1.19. The second kappa shape index (κ2) is 8.09. The topological polar surface area (TPSA) is 100 Å². The molecule has 9 nitrogen and oxygen atoms in total. The monoisotopic (exact) mass is 404 g/mol. The summed E-state index contributed by atoms with van der Waals surface area (Å²) in [5.74, 6) is 0.223. The van der Waals surface area contributed by atoms with Crippen molar-refractivity contribution in [2.24, 2.45) is 13.0 Å². The smallest absolute Gasteiger partial charge is 0.266 e. The maximum atomic E-state index is 12.7. The summed E-state index contributed by atoms with van der Waals surface area (Å²) in [6.07, 6.45) is 1.62.